The molecule has 3 N–H and O–H groups in total. The number of hydrazine groups is 1. The van der Waals surface area contributed by atoms with Gasteiger partial charge in [-0.25, -0.2) is 9.78 Å². The highest BCUT2D eigenvalue weighted by Crippen LogP contribution is 2.12. The van der Waals surface area contributed by atoms with Gasteiger partial charge >= 0.3 is 5.97 Å². The maximum atomic E-state index is 12.2. The zero-order valence-corrected chi connectivity index (χ0v) is 16.3. The number of rotatable bonds is 8. The molecule has 30 heavy (non-hydrogen) atoms. The van der Waals surface area contributed by atoms with E-state index < -0.39 is 5.97 Å². The van der Waals surface area contributed by atoms with Crippen LogP contribution < -0.4 is 16.2 Å². The van der Waals surface area contributed by atoms with Crippen LogP contribution in [0.5, 0.6) is 0 Å². The van der Waals surface area contributed by atoms with E-state index in [0.29, 0.717) is 23.6 Å². The lowest BCUT2D eigenvalue weighted by Gasteiger charge is -2.09. The van der Waals surface area contributed by atoms with Crippen molar-refractivity contribution >= 4 is 23.3 Å². The van der Waals surface area contributed by atoms with Crippen molar-refractivity contribution in [2.75, 3.05) is 12.5 Å². The van der Waals surface area contributed by atoms with Crippen molar-refractivity contribution in [2.24, 2.45) is 0 Å². The predicted molar refractivity (Wildman–Crippen MR) is 113 cm³/mol. The Morgan fingerprint density at radius 1 is 1.00 bits per heavy atom. The second kappa shape index (κ2) is 10.4. The van der Waals surface area contributed by atoms with E-state index in [1.807, 2.05) is 30.3 Å². The lowest BCUT2D eigenvalue weighted by Crippen LogP contribution is -2.23. The summed E-state index contributed by atoms with van der Waals surface area (Å²) >= 11 is 0. The molecule has 1 amide bonds. The number of carbonyl (C=O) groups is 2. The van der Waals surface area contributed by atoms with Gasteiger partial charge in [0.05, 0.1) is 18.4 Å². The first-order chi connectivity index (χ1) is 14.7. The first-order valence-corrected chi connectivity index (χ1v) is 9.17. The molecule has 0 atom stereocenters. The van der Waals surface area contributed by atoms with Gasteiger partial charge in [0.15, 0.2) is 0 Å². The average molecular weight is 403 g/mol. The molecule has 0 aliphatic rings. The SMILES string of the molecule is COC(=O)C(=CNNc1ccc(C(=O)NCc2ccccc2)cn1)c1ccccn1. The van der Waals surface area contributed by atoms with Crippen molar-refractivity contribution in [1.82, 2.24) is 20.7 Å². The average Bonchev–Trinajstić information content (AvgIpc) is 2.81. The van der Waals surface area contributed by atoms with Crippen LogP contribution >= 0.6 is 0 Å². The van der Waals surface area contributed by atoms with E-state index in [0.717, 1.165) is 5.56 Å². The summed E-state index contributed by atoms with van der Waals surface area (Å²) in [5.74, 6) is -0.272. The van der Waals surface area contributed by atoms with Crippen molar-refractivity contribution < 1.29 is 14.3 Å². The number of anilines is 1. The van der Waals surface area contributed by atoms with E-state index in [9.17, 15) is 9.59 Å². The Balaban J connectivity index is 1.57. The first-order valence-electron chi connectivity index (χ1n) is 9.17. The second-order valence-electron chi connectivity index (χ2n) is 6.13. The summed E-state index contributed by atoms with van der Waals surface area (Å²) in [5, 5.41) is 2.85. The summed E-state index contributed by atoms with van der Waals surface area (Å²) in [5.41, 5.74) is 7.82. The molecule has 152 valence electrons. The molecular weight excluding hydrogens is 382 g/mol. The molecule has 8 heteroatoms. The highest BCUT2D eigenvalue weighted by Gasteiger charge is 2.13. The van der Waals surface area contributed by atoms with Gasteiger partial charge in [-0.15, -0.1) is 0 Å². The fourth-order valence-corrected chi connectivity index (χ4v) is 2.53. The number of nitrogens with one attached hydrogen (secondary N) is 3. The van der Waals surface area contributed by atoms with Crippen molar-refractivity contribution in [2.45, 2.75) is 6.54 Å². The predicted octanol–water partition coefficient (Wildman–Crippen LogP) is 2.54. The van der Waals surface area contributed by atoms with Gasteiger partial charge in [-0.1, -0.05) is 36.4 Å². The Morgan fingerprint density at radius 2 is 1.80 bits per heavy atom. The van der Waals surface area contributed by atoms with Crippen LogP contribution in [0.4, 0.5) is 5.82 Å². The summed E-state index contributed by atoms with van der Waals surface area (Å²) in [6.07, 6.45) is 4.49. The summed E-state index contributed by atoms with van der Waals surface area (Å²) in [6, 6.07) is 18.2. The smallest absolute Gasteiger partial charge is 0.341 e. The standard InChI is InChI=1S/C22H21N5O3/c1-30-22(29)18(19-9-5-6-12-23-19)15-26-27-20-11-10-17(14-24-20)21(28)25-13-16-7-3-2-4-8-16/h2-12,14-15,26H,13H2,1H3,(H,24,27)(H,25,28). The lowest BCUT2D eigenvalue weighted by atomic mass is 10.2. The normalized spacial score (nSPS) is 10.8. The Kier molecular flexibility index (Phi) is 7.10. The molecule has 2 aromatic heterocycles. The fraction of sp³-hybridized carbons (Fsp3) is 0.0909. The minimum absolute atomic E-state index is 0.214. The Hall–Kier alpha value is -4.20. The Morgan fingerprint density at radius 3 is 2.47 bits per heavy atom. The van der Waals surface area contributed by atoms with E-state index >= 15 is 0 Å². The summed E-state index contributed by atoms with van der Waals surface area (Å²) in [6.45, 7) is 0.440. The van der Waals surface area contributed by atoms with Crippen LogP contribution in [-0.4, -0.2) is 29.0 Å². The number of nitrogens with zero attached hydrogens (tertiary/aromatic N) is 2. The van der Waals surface area contributed by atoms with Crippen LogP contribution in [0.1, 0.15) is 21.6 Å². The largest absolute Gasteiger partial charge is 0.465 e. The van der Waals surface area contributed by atoms with Crippen molar-refractivity contribution in [3.05, 3.63) is 96.1 Å². The number of esters is 1. The van der Waals surface area contributed by atoms with Crippen LogP contribution in [0.2, 0.25) is 0 Å². The molecule has 0 saturated carbocycles. The van der Waals surface area contributed by atoms with Gasteiger partial charge in [0, 0.05) is 25.1 Å². The van der Waals surface area contributed by atoms with E-state index in [1.165, 1.54) is 19.5 Å². The van der Waals surface area contributed by atoms with Crippen LogP contribution in [0.25, 0.3) is 5.57 Å². The third kappa shape index (κ3) is 5.65. The molecule has 0 saturated heterocycles. The number of aromatic nitrogens is 2. The molecule has 2 heterocycles. The van der Waals surface area contributed by atoms with Gasteiger partial charge in [0.25, 0.3) is 5.91 Å². The molecule has 0 unspecified atom stereocenters. The van der Waals surface area contributed by atoms with Gasteiger partial charge in [0.1, 0.15) is 11.4 Å². The van der Waals surface area contributed by atoms with Crippen molar-refractivity contribution in [3.8, 4) is 0 Å². The number of pyridine rings is 2. The van der Waals surface area contributed by atoms with E-state index in [4.69, 9.17) is 4.74 Å². The zero-order chi connectivity index (χ0) is 21.2. The molecule has 0 aliphatic heterocycles. The van der Waals surface area contributed by atoms with E-state index in [1.54, 1.807) is 36.5 Å². The van der Waals surface area contributed by atoms with Crippen molar-refractivity contribution in [3.63, 3.8) is 0 Å². The summed E-state index contributed by atoms with van der Waals surface area (Å²) in [7, 11) is 1.30. The van der Waals surface area contributed by atoms with Crippen molar-refractivity contribution in [1.29, 1.82) is 0 Å². The first kappa shape index (κ1) is 20.5. The molecule has 0 radical (unpaired) electrons. The Bertz CT molecular complexity index is 1010. The zero-order valence-electron chi connectivity index (χ0n) is 16.3. The molecule has 3 aromatic rings. The maximum absolute atomic E-state index is 12.2. The van der Waals surface area contributed by atoms with E-state index in [2.05, 4.69) is 26.1 Å². The van der Waals surface area contributed by atoms with Crippen LogP contribution in [0.15, 0.2) is 79.3 Å². The maximum Gasteiger partial charge on any atom is 0.341 e. The minimum Gasteiger partial charge on any atom is -0.465 e. The molecule has 0 aliphatic carbocycles. The number of benzene rings is 1. The molecular formula is C22H21N5O3. The minimum atomic E-state index is -0.526. The molecule has 0 fully saturated rings. The van der Waals surface area contributed by atoms with Gasteiger partial charge in [0.2, 0.25) is 0 Å². The molecule has 0 bridgehead atoms. The van der Waals surface area contributed by atoms with Gasteiger partial charge in [-0.05, 0) is 29.8 Å². The van der Waals surface area contributed by atoms with E-state index in [-0.39, 0.29) is 11.5 Å². The highest BCUT2D eigenvalue weighted by molar-refractivity contribution is 6.15. The number of hydrogen-bond acceptors (Lipinski definition) is 7. The molecule has 8 nitrogen and oxygen atoms in total. The van der Waals surface area contributed by atoms with Gasteiger partial charge in [-0.3, -0.25) is 15.2 Å². The topological polar surface area (TPSA) is 105 Å². The number of ether oxygens (including phenoxy) is 1. The second-order valence-corrected chi connectivity index (χ2v) is 6.13. The van der Waals surface area contributed by atoms with Gasteiger partial charge in [-0.2, -0.15) is 0 Å². The third-order valence-electron chi connectivity index (χ3n) is 4.08. The molecule has 3 rings (SSSR count). The Labute approximate surface area is 174 Å². The summed E-state index contributed by atoms with van der Waals surface area (Å²) in [4.78, 5) is 32.6. The lowest BCUT2D eigenvalue weighted by molar-refractivity contribution is -0.133. The summed E-state index contributed by atoms with van der Waals surface area (Å²) < 4.78 is 4.79. The monoisotopic (exact) mass is 403 g/mol. The number of hydrogen-bond donors (Lipinski definition) is 3. The van der Waals surface area contributed by atoms with Crippen LogP contribution in [0, 0.1) is 0 Å². The molecule has 1 aromatic carbocycles. The van der Waals surface area contributed by atoms with Gasteiger partial charge < -0.3 is 15.5 Å². The number of carbonyl (C=O) groups excluding carboxylic acids is 2. The highest BCUT2D eigenvalue weighted by atomic mass is 16.5. The van der Waals surface area contributed by atoms with Crippen LogP contribution in [0.3, 0.4) is 0 Å². The number of amides is 1. The fourth-order valence-electron chi connectivity index (χ4n) is 2.53. The number of methoxy groups -OCH3 is 1. The van der Waals surface area contributed by atoms with Crippen LogP contribution in [-0.2, 0) is 16.1 Å². The quantitative estimate of drug-likeness (QED) is 0.302. The third-order valence-corrected chi connectivity index (χ3v) is 4.08. The molecule has 0 spiro atoms.